The van der Waals surface area contributed by atoms with E-state index in [-0.39, 0.29) is 0 Å². The molecule has 0 aliphatic carbocycles. The second kappa shape index (κ2) is 18.2. The number of aryl methyl sites for hydroxylation is 3. The summed E-state index contributed by atoms with van der Waals surface area (Å²) in [6, 6.07) is 32.1. The summed E-state index contributed by atoms with van der Waals surface area (Å²) in [4.78, 5) is 4.28. The van der Waals surface area contributed by atoms with Crippen LogP contribution in [0.1, 0.15) is 118 Å². The van der Waals surface area contributed by atoms with E-state index in [9.17, 15) is 0 Å². The number of pyridine rings is 1. The minimum absolute atomic E-state index is 0.542. The number of hydrogen-bond donors (Lipinski definition) is 0. The fourth-order valence-corrected chi connectivity index (χ4v) is 3.56. The molecule has 0 fully saturated rings. The average molecular weight is 524 g/mol. The topological polar surface area (TPSA) is 12.9 Å². The van der Waals surface area contributed by atoms with Gasteiger partial charge in [-0.3, -0.25) is 4.98 Å². The summed E-state index contributed by atoms with van der Waals surface area (Å²) in [5, 5.41) is 0. The largest absolute Gasteiger partial charge is 0.261 e. The predicted octanol–water partition coefficient (Wildman–Crippen LogP) is 11.6. The second-order valence-electron chi connectivity index (χ2n) is 11.6. The van der Waals surface area contributed by atoms with Gasteiger partial charge in [-0.05, 0) is 72.8 Å². The molecule has 0 saturated carbocycles. The molecule has 4 aromatic rings. The van der Waals surface area contributed by atoms with Gasteiger partial charge in [0.05, 0.1) is 0 Å². The Kier molecular flexibility index (Phi) is 15.8. The first-order chi connectivity index (χ1) is 18.4. The molecule has 0 aliphatic rings. The van der Waals surface area contributed by atoms with E-state index in [1.54, 1.807) is 0 Å². The molecular formula is C38H53N. The summed E-state index contributed by atoms with van der Waals surface area (Å²) in [6.07, 6.45) is 1.91. The van der Waals surface area contributed by atoms with Crippen molar-refractivity contribution in [2.45, 2.75) is 99.8 Å². The molecule has 3 aromatic carbocycles. The predicted molar refractivity (Wildman–Crippen MR) is 174 cm³/mol. The molecule has 1 heterocycles. The van der Waals surface area contributed by atoms with Gasteiger partial charge in [0.2, 0.25) is 0 Å². The molecule has 0 aliphatic heterocycles. The third-order valence-corrected chi connectivity index (χ3v) is 6.48. The third-order valence-electron chi connectivity index (χ3n) is 6.48. The molecule has 0 bridgehead atoms. The zero-order valence-electron chi connectivity index (χ0n) is 26.5. The van der Waals surface area contributed by atoms with Crippen LogP contribution in [0, 0.1) is 20.8 Å². The number of rotatable bonds is 4. The van der Waals surface area contributed by atoms with E-state index in [1.807, 2.05) is 12.3 Å². The SMILES string of the molecule is CC(C)c1ccccc1.Cc1ccc(C(C)C)cc1.Cc1ccc(C(C)C)cc1.Cc1ccc(C(C)C)nc1. The van der Waals surface area contributed by atoms with Crippen LogP contribution in [0.3, 0.4) is 0 Å². The van der Waals surface area contributed by atoms with Gasteiger partial charge in [-0.2, -0.15) is 0 Å². The van der Waals surface area contributed by atoms with Crippen LogP contribution >= 0.6 is 0 Å². The Morgan fingerprint density at radius 2 is 0.744 bits per heavy atom. The Labute approximate surface area is 240 Å². The molecule has 0 radical (unpaired) electrons. The molecule has 1 aromatic heterocycles. The maximum absolute atomic E-state index is 4.28. The second-order valence-corrected chi connectivity index (χ2v) is 11.6. The van der Waals surface area contributed by atoms with Crippen molar-refractivity contribution in [3.8, 4) is 0 Å². The van der Waals surface area contributed by atoms with Crippen LogP contribution in [0.4, 0.5) is 0 Å². The van der Waals surface area contributed by atoms with Crippen LogP contribution in [0.2, 0.25) is 0 Å². The summed E-state index contributed by atoms with van der Waals surface area (Å²) >= 11 is 0. The van der Waals surface area contributed by atoms with Gasteiger partial charge in [-0.1, -0.05) is 151 Å². The lowest BCUT2D eigenvalue weighted by Gasteiger charge is -2.03. The molecule has 1 nitrogen and oxygen atoms in total. The van der Waals surface area contributed by atoms with Gasteiger partial charge in [0.15, 0.2) is 0 Å². The molecule has 4 rings (SSSR count). The number of nitrogens with zero attached hydrogens (tertiary/aromatic N) is 1. The maximum Gasteiger partial charge on any atom is 0.0429 e. The Morgan fingerprint density at radius 1 is 0.385 bits per heavy atom. The fraction of sp³-hybridized carbons (Fsp3) is 0.395. The summed E-state index contributed by atoms with van der Waals surface area (Å²) in [5.74, 6) is 2.51. The van der Waals surface area contributed by atoms with Crippen molar-refractivity contribution >= 4 is 0 Å². The first-order valence-electron chi connectivity index (χ1n) is 14.5. The first kappa shape index (κ1) is 33.8. The third kappa shape index (κ3) is 14.5. The first-order valence-corrected chi connectivity index (χ1v) is 14.5. The van der Waals surface area contributed by atoms with Crippen molar-refractivity contribution in [1.82, 2.24) is 4.98 Å². The Morgan fingerprint density at radius 3 is 1.03 bits per heavy atom. The van der Waals surface area contributed by atoms with Crippen LogP contribution in [0.15, 0.2) is 97.2 Å². The number of hydrogen-bond acceptors (Lipinski definition) is 1. The van der Waals surface area contributed by atoms with Crippen LogP contribution in [-0.2, 0) is 0 Å². The minimum atomic E-state index is 0.542. The van der Waals surface area contributed by atoms with Gasteiger partial charge in [0.1, 0.15) is 0 Å². The molecule has 0 amide bonds. The summed E-state index contributed by atoms with van der Waals surface area (Å²) < 4.78 is 0. The van der Waals surface area contributed by atoms with E-state index in [1.165, 1.54) is 39.1 Å². The zero-order valence-corrected chi connectivity index (χ0v) is 26.5. The molecule has 39 heavy (non-hydrogen) atoms. The van der Waals surface area contributed by atoms with Gasteiger partial charge in [-0.15, -0.1) is 0 Å². The molecule has 0 N–H and O–H groups in total. The van der Waals surface area contributed by atoms with Gasteiger partial charge in [0.25, 0.3) is 0 Å². The summed E-state index contributed by atoms with van der Waals surface area (Å²) in [7, 11) is 0. The van der Waals surface area contributed by atoms with Crippen molar-refractivity contribution in [2.24, 2.45) is 0 Å². The average Bonchev–Trinajstić information content (AvgIpc) is 2.91. The summed E-state index contributed by atoms with van der Waals surface area (Å²) in [6.45, 7) is 23.8. The van der Waals surface area contributed by atoms with Gasteiger partial charge in [0, 0.05) is 11.9 Å². The zero-order chi connectivity index (χ0) is 29.4. The quantitative estimate of drug-likeness (QED) is 0.259. The molecule has 0 saturated heterocycles. The van der Waals surface area contributed by atoms with Crippen LogP contribution in [0.5, 0.6) is 0 Å². The standard InChI is InChI=1S/2C10H14.C9H13N.C9H12/c2*1-8(2)10-6-4-9(3)5-7-10;1-7(2)9-5-4-8(3)6-10-9;1-8(2)9-6-4-3-5-7-9/h2*4-8H,1-3H3;4-7H,1-3H3;3-8H,1-2H3. The Bertz CT molecular complexity index is 1020. The highest BCUT2D eigenvalue weighted by molar-refractivity contribution is 5.24. The highest BCUT2D eigenvalue weighted by atomic mass is 14.7. The lowest BCUT2D eigenvalue weighted by atomic mass is 10.0. The van der Waals surface area contributed by atoms with Gasteiger partial charge >= 0.3 is 0 Å². The van der Waals surface area contributed by atoms with Crippen LogP contribution in [0.25, 0.3) is 0 Å². The van der Waals surface area contributed by atoms with E-state index in [0.29, 0.717) is 23.7 Å². The monoisotopic (exact) mass is 523 g/mol. The van der Waals surface area contributed by atoms with Crippen molar-refractivity contribution in [3.05, 3.63) is 136 Å². The Hall–Kier alpha value is -3.19. The molecule has 1 heteroatoms. The smallest absolute Gasteiger partial charge is 0.0429 e. The number of aromatic nitrogens is 1. The molecule has 210 valence electrons. The van der Waals surface area contributed by atoms with Crippen LogP contribution in [-0.4, -0.2) is 4.98 Å². The normalized spacial score (nSPS) is 10.3. The van der Waals surface area contributed by atoms with Crippen molar-refractivity contribution in [2.75, 3.05) is 0 Å². The molecule has 0 spiro atoms. The van der Waals surface area contributed by atoms with E-state index in [0.717, 1.165) is 0 Å². The van der Waals surface area contributed by atoms with E-state index < -0.39 is 0 Å². The van der Waals surface area contributed by atoms with E-state index >= 15 is 0 Å². The highest BCUT2D eigenvalue weighted by Crippen LogP contribution is 2.15. The van der Waals surface area contributed by atoms with Crippen molar-refractivity contribution < 1.29 is 0 Å². The van der Waals surface area contributed by atoms with Crippen LogP contribution < -0.4 is 0 Å². The van der Waals surface area contributed by atoms with E-state index in [2.05, 4.69) is 166 Å². The molecule has 0 unspecified atom stereocenters. The van der Waals surface area contributed by atoms with Crippen molar-refractivity contribution in [3.63, 3.8) is 0 Å². The minimum Gasteiger partial charge on any atom is -0.261 e. The summed E-state index contributed by atoms with van der Waals surface area (Å²) in [5.41, 5.74) is 9.33. The lowest BCUT2D eigenvalue weighted by molar-refractivity contribution is 0.821. The fourth-order valence-electron chi connectivity index (χ4n) is 3.56. The lowest BCUT2D eigenvalue weighted by Crippen LogP contribution is -1.90. The van der Waals surface area contributed by atoms with Gasteiger partial charge < -0.3 is 0 Å². The van der Waals surface area contributed by atoms with E-state index in [4.69, 9.17) is 0 Å². The number of benzene rings is 3. The Balaban J connectivity index is 0.000000260. The van der Waals surface area contributed by atoms with Crippen molar-refractivity contribution in [1.29, 1.82) is 0 Å². The highest BCUT2D eigenvalue weighted by Gasteiger charge is 1.98. The molecular weight excluding hydrogens is 470 g/mol. The van der Waals surface area contributed by atoms with Gasteiger partial charge in [-0.25, -0.2) is 0 Å². The maximum atomic E-state index is 4.28. The molecule has 0 atom stereocenters.